The molecule has 1 fully saturated rings. The van der Waals surface area contributed by atoms with Gasteiger partial charge in [0.05, 0.1) is 0 Å². The van der Waals surface area contributed by atoms with E-state index in [4.69, 9.17) is 16.0 Å². The molecule has 0 aliphatic carbocycles. The largest absolute Gasteiger partial charge is 0.440 e. The first-order valence-electron chi connectivity index (χ1n) is 8.21. The van der Waals surface area contributed by atoms with Gasteiger partial charge in [0.25, 0.3) is 0 Å². The maximum absolute atomic E-state index is 14.0. The standard InChI is InChI=1S/C19H18ClFN2O/c20-15-6-3-7-16(21)14(15)12-23-10-4-5-13(11-23)19-22-17-8-1-2-9-18(17)24-19/h1-3,6-9,13H,4-5,10-12H2. The second-order valence-electron chi connectivity index (χ2n) is 6.29. The van der Waals surface area contributed by atoms with Crippen molar-refractivity contribution in [3.05, 3.63) is 64.8 Å². The van der Waals surface area contributed by atoms with E-state index in [0.717, 1.165) is 42.9 Å². The number of fused-ring (bicyclic) bond motifs is 1. The Bertz CT molecular complexity index is 810. The third-order valence-electron chi connectivity index (χ3n) is 4.61. The summed E-state index contributed by atoms with van der Waals surface area (Å²) in [5.41, 5.74) is 2.28. The van der Waals surface area contributed by atoms with Crippen LogP contribution in [0.2, 0.25) is 5.02 Å². The molecule has 0 N–H and O–H groups in total. The maximum atomic E-state index is 14.0. The molecular weight excluding hydrogens is 327 g/mol. The van der Waals surface area contributed by atoms with Gasteiger partial charge in [0.2, 0.25) is 0 Å². The van der Waals surface area contributed by atoms with E-state index in [1.165, 1.54) is 6.07 Å². The van der Waals surface area contributed by atoms with Crippen LogP contribution in [0.1, 0.15) is 30.2 Å². The highest BCUT2D eigenvalue weighted by molar-refractivity contribution is 6.31. The van der Waals surface area contributed by atoms with Crippen LogP contribution in [0.4, 0.5) is 4.39 Å². The number of halogens is 2. The average Bonchev–Trinajstić information content (AvgIpc) is 3.03. The molecule has 3 aromatic rings. The first-order chi connectivity index (χ1) is 11.7. The Morgan fingerprint density at radius 2 is 2.08 bits per heavy atom. The number of para-hydroxylation sites is 2. The van der Waals surface area contributed by atoms with E-state index in [1.807, 2.05) is 24.3 Å². The van der Waals surface area contributed by atoms with Crippen molar-refractivity contribution in [1.82, 2.24) is 9.88 Å². The van der Waals surface area contributed by atoms with Gasteiger partial charge in [0.15, 0.2) is 11.5 Å². The second-order valence-corrected chi connectivity index (χ2v) is 6.70. The molecule has 1 aromatic heterocycles. The van der Waals surface area contributed by atoms with E-state index in [2.05, 4.69) is 9.88 Å². The third kappa shape index (κ3) is 3.04. The highest BCUT2D eigenvalue weighted by Gasteiger charge is 2.26. The predicted octanol–water partition coefficient (Wildman–Crippen LogP) is 5.00. The molecule has 2 aromatic carbocycles. The van der Waals surface area contributed by atoms with Gasteiger partial charge in [-0.2, -0.15) is 0 Å². The molecule has 1 atom stereocenters. The Labute approximate surface area is 145 Å². The molecule has 1 unspecified atom stereocenters. The van der Waals surface area contributed by atoms with Gasteiger partial charge in [0.1, 0.15) is 11.3 Å². The lowest BCUT2D eigenvalue weighted by Gasteiger charge is -2.31. The van der Waals surface area contributed by atoms with E-state index in [9.17, 15) is 4.39 Å². The Morgan fingerprint density at radius 3 is 2.92 bits per heavy atom. The molecule has 124 valence electrons. The number of nitrogens with zero attached hydrogens (tertiary/aromatic N) is 2. The zero-order valence-corrected chi connectivity index (χ0v) is 14.0. The van der Waals surface area contributed by atoms with Crippen molar-refractivity contribution in [2.24, 2.45) is 0 Å². The summed E-state index contributed by atoms with van der Waals surface area (Å²) in [4.78, 5) is 6.85. The topological polar surface area (TPSA) is 29.3 Å². The molecule has 0 radical (unpaired) electrons. The van der Waals surface area contributed by atoms with E-state index >= 15 is 0 Å². The number of rotatable bonds is 3. The van der Waals surface area contributed by atoms with Crippen LogP contribution in [-0.2, 0) is 6.54 Å². The summed E-state index contributed by atoms with van der Waals surface area (Å²) < 4.78 is 19.9. The first-order valence-corrected chi connectivity index (χ1v) is 8.59. The van der Waals surface area contributed by atoms with Crippen molar-refractivity contribution in [2.75, 3.05) is 13.1 Å². The van der Waals surface area contributed by atoms with Crippen LogP contribution < -0.4 is 0 Å². The number of oxazole rings is 1. The Balaban J connectivity index is 1.53. The fourth-order valence-corrected chi connectivity index (χ4v) is 3.60. The van der Waals surface area contributed by atoms with Gasteiger partial charge < -0.3 is 4.42 Å². The summed E-state index contributed by atoms with van der Waals surface area (Å²) in [6, 6.07) is 12.6. The zero-order chi connectivity index (χ0) is 16.5. The van der Waals surface area contributed by atoms with Crippen LogP contribution >= 0.6 is 11.6 Å². The van der Waals surface area contributed by atoms with Crippen LogP contribution in [0.15, 0.2) is 46.9 Å². The molecule has 1 saturated heterocycles. The molecule has 1 aliphatic heterocycles. The normalized spacial score (nSPS) is 19.0. The van der Waals surface area contributed by atoms with Crippen molar-refractivity contribution in [2.45, 2.75) is 25.3 Å². The molecule has 5 heteroatoms. The molecule has 0 saturated carbocycles. The summed E-state index contributed by atoms with van der Waals surface area (Å²) in [5, 5.41) is 0.485. The van der Waals surface area contributed by atoms with E-state index < -0.39 is 0 Å². The van der Waals surface area contributed by atoms with Crippen LogP contribution in [0, 0.1) is 5.82 Å². The van der Waals surface area contributed by atoms with Crippen molar-refractivity contribution < 1.29 is 8.81 Å². The summed E-state index contributed by atoms with van der Waals surface area (Å²) in [7, 11) is 0. The zero-order valence-electron chi connectivity index (χ0n) is 13.2. The fourth-order valence-electron chi connectivity index (χ4n) is 3.37. The van der Waals surface area contributed by atoms with Gasteiger partial charge >= 0.3 is 0 Å². The minimum Gasteiger partial charge on any atom is -0.440 e. The van der Waals surface area contributed by atoms with E-state index in [1.54, 1.807) is 12.1 Å². The lowest BCUT2D eigenvalue weighted by Crippen LogP contribution is -2.34. The van der Waals surface area contributed by atoms with Gasteiger partial charge in [-0.3, -0.25) is 4.90 Å². The highest BCUT2D eigenvalue weighted by Crippen LogP contribution is 2.30. The molecule has 4 rings (SSSR count). The van der Waals surface area contributed by atoms with Gasteiger partial charge in [-0.05, 0) is 43.7 Å². The third-order valence-corrected chi connectivity index (χ3v) is 4.96. The maximum Gasteiger partial charge on any atom is 0.199 e. The predicted molar refractivity (Wildman–Crippen MR) is 92.7 cm³/mol. The lowest BCUT2D eigenvalue weighted by atomic mass is 9.97. The molecule has 24 heavy (non-hydrogen) atoms. The van der Waals surface area contributed by atoms with Crippen molar-refractivity contribution >= 4 is 22.7 Å². The molecule has 0 bridgehead atoms. The van der Waals surface area contributed by atoms with Gasteiger partial charge in [0, 0.05) is 29.6 Å². The van der Waals surface area contributed by atoms with Crippen LogP contribution in [-0.4, -0.2) is 23.0 Å². The van der Waals surface area contributed by atoms with Gasteiger partial charge in [-0.1, -0.05) is 29.8 Å². The number of hydrogen-bond acceptors (Lipinski definition) is 3. The molecular formula is C19H18ClFN2O. The number of likely N-dealkylation sites (tertiary alicyclic amines) is 1. The molecule has 0 amide bonds. The summed E-state index contributed by atoms with van der Waals surface area (Å²) >= 11 is 6.16. The monoisotopic (exact) mass is 344 g/mol. The highest BCUT2D eigenvalue weighted by atomic mass is 35.5. The molecule has 2 heterocycles. The Kier molecular flexibility index (Phi) is 4.25. The van der Waals surface area contributed by atoms with E-state index in [0.29, 0.717) is 17.1 Å². The van der Waals surface area contributed by atoms with Crippen molar-refractivity contribution in [1.29, 1.82) is 0 Å². The van der Waals surface area contributed by atoms with Gasteiger partial charge in [-0.15, -0.1) is 0 Å². The fraction of sp³-hybridized carbons (Fsp3) is 0.316. The second kappa shape index (κ2) is 6.54. The summed E-state index contributed by atoms with van der Waals surface area (Å²) in [5.74, 6) is 0.767. The molecule has 1 aliphatic rings. The quantitative estimate of drug-likeness (QED) is 0.669. The molecule has 0 spiro atoms. The van der Waals surface area contributed by atoms with Crippen LogP contribution in [0.25, 0.3) is 11.1 Å². The van der Waals surface area contributed by atoms with Crippen molar-refractivity contribution in [3.63, 3.8) is 0 Å². The number of aromatic nitrogens is 1. The number of piperidine rings is 1. The summed E-state index contributed by atoms with van der Waals surface area (Å²) in [6.07, 6.45) is 2.07. The SMILES string of the molecule is Fc1cccc(Cl)c1CN1CCCC(c2nc3ccccc3o2)C1. The number of benzene rings is 2. The smallest absolute Gasteiger partial charge is 0.199 e. The molecule has 3 nitrogen and oxygen atoms in total. The number of hydrogen-bond donors (Lipinski definition) is 0. The van der Waals surface area contributed by atoms with Crippen LogP contribution in [0.3, 0.4) is 0 Å². The van der Waals surface area contributed by atoms with Crippen LogP contribution in [0.5, 0.6) is 0 Å². The minimum absolute atomic E-state index is 0.233. The minimum atomic E-state index is -0.244. The Morgan fingerprint density at radius 1 is 1.21 bits per heavy atom. The van der Waals surface area contributed by atoms with Crippen molar-refractivity contribution in [3.8, 4) is 0 Å². The summed E-state index contributed by atoms with van der Waals surface area (Å²) in [6.45, 7) is 2.25. The first kappa shape index (κ1) is 15.6. The van der Waals surface area contributed by atoms with E-state index in [-0.39, 0.29) is 11.7 Å². The van der Waals surface area contributed by atoms with Gasteiger partial charge in [-0.25, -0.2) is 9.37 Å². The average molecular weight is 345 g/mol. The lowest BCUT2D eigenvalue weighted by molar-refractivity contribution is 0.185. The Hall–Kier alpha value is -1.91.